The second-order valence-corrected chi connectivity index (χ2v) is 5.78. The lowest BCUT2D eigenvalue weighted by molar-refractivity contribution is 0.0642. The molecule has 122 valence electrons. The average molecular weight is 314 g/mol. The van der Waals surface area contributed by atoms with Crippen LogP contribution in [0, 0.1) is 0 Å². The van der Waals surface area contributed by atoms with Gasteiger partial charge in [0.2, 0.25) is 0 Å². The number of nitrogens with one attached hydrogen (secondary N) is 1. The zero-order valence-corrected chi connectivity index (χ0v) is 13.4. The summed E-state index contributed by atoms with van der Waals surface area (Å²) in [5.74, 6) is 0.113. The van der Waals surface area contributed by atoms with E-state index in [1.54, 1.807) is 4.68 Å². The number of hydrogen-bond acceptors (Lipinski definition) is 5. The van der Waals surface area contributed by atoms with Crippen molar-refractivity contribution in [2.75, 3.05) is 19.6 Å². The van der Waals surface area contributed by atoms with Crippen LogP contribution in [0.1, 0.15) is 36.5 Å². The van der Waals surface area contributed by atoms with Crippen LogP contribution in [0.3, 0.4) is 0 Å². The van der Waals surface area contributed by atoms with Gasteiger partial charge in [-0.25, -0.2) is 4.68 Å². The zero-order valence-electron chi connectivity index (χ0n) is 13.4. The molecule has 1 fully saturated rings. The molecule has 1 aromatic heterocycles. The molecule has 0 aliphatic carbocycles. The summed E-state index contributed by atoms with van der Waals surface area (Å²) in [4.78, 5) is 14.9. The van der Waals surface area contributed by atoms with Gasteiger partial charge in [-0.05, 0) is 67.0 Å². The van der Waals surface area contributed by atoms with Crippen molar-refractivity contribution in [1.82, 2.24) is 30.4 Å². The fourth-order valence-corrected chi connectivity index (χ4v) is 3.01. The van der Waals surface area contributed by atoms with Crippen molar-refractivity contribution in [2.45, 2.75) is 32.2 Å². The van der Waals surface area contributed by atoms with Crippen LogP contribution in [0.2, 0.25) is 0 Å². The van der Waals surface area contributed by atoms with Gasteiger partial charge in [-0.2, -0.15) is 0 Å². The predicted octanol–water partition coefficient (Wildman–Crippen LogP) is 1.27. The first-order chi connectivity index (χ1) is 11.3. The minimum Gasteiger partial charge on any atom is -0.336 e. The van der Waals surface area contributed by atoms with Gasteiger partial charge in [0.25, 0.3) is 5.91 Å². The molecule has 1 aliphatic heterocycles. The van der Waals surface area contributed by atoms with E-state index in [1.807, 2.05) is 29.2 Å². The van der Waals surface area contributed by atoms with Gasteiger partial charge < -0.3 is 10.2 Å². The lowest BCUT2D eigenvalue weighted by Crippen LogP contribution is -2.46. The Morgan fingerprint density at radius 1 is 1.30 bits per heavy atom. The van der Waals surface area contributed by atoms with E-state index in [-0.39, 0.29) is 5.91 Å². The molecule has 1 saturated heterocycles. The van der Waals surface area contributed by atoms with E-state index in [1.165, 1.54) is 6.33 Å². The Hall–Kier alpha value is -2.28. The largest absolute Gasteiger partial charge is 0.336 e. The molecule has 23 heavy (non-hydrogen) atoms. The van der Waals surface area contributed by atoms with Gasteiger partial charge in [0.1, 0.15) is 6.33 Å². The maximum atomic E-state index is 12.9. The molecule has 0 saturated carbocycles. The van der Waals surface area contributed by atoms with Crippen molar-refractivity contribution in [3.05, 3.63) is 36.2 Å². The number of benzene rings is 1. The minimum absolute atomic E-state index is 0.113. The van der Waals surface area contributed by atoms with Crippen molar-refractivity contribution in [2.24, 2.45) is 0 Å². The lowest BCUT2D eigenvalue weighted by Gasteiger charge is -2.34. The van der Waals surface area contributed by atoms with Crippen LogP contribution in [0.5, 0.6) is 0 Å². The van der Waals surface area contributed by atoms with Crippen LogP contribution >= 0.6 is 0 Å². The number of carbonyl (C=O) groups excluding carboxylic acids is 1. The first-order valence-electron chi connectivity index (χ1n) is 8.14. The quantitative estimate of drug-likeness (QED) is 0.899. The highest BCUT2D eigenvalue weighted by Gasteiger charge is 2.25. The van der Waals surface area contributed by atoms with Crippen molar-refractivity contribution < 1.29 is 4.79 Å². The molecule has 0 unspecified atom stereocenters. The molecule has 0 bridgehead atoms. The summed E-state index contributed by atoms with van der Waals surface area (Å²) in [6.45, 7) is 4.88. The Labute approximate surface area is 135 Å². The molecular formula is C16H22N6O. The monoisotopic (exact) mass is 314 g/mol. The van der Waals surface area contributed by atoms with Crippen molar-refractivity contribution in [3.8, 4) is 5.69 Å². The predicted molar refractivity (Wildman–Crippen MR) is 86.4 cm³/mol. The third-order valence-corrected chi connectivity index (χ3v) is 4.20. The number of carbonyl (C=O) groups is 1. The Kier molecular flexibility index (Phi) is 4.97. The molecule has 1 amide bonds. The second kappa shape index (κ2) is 7.32. The number of piperidine rings is 1. The van der Waals surface area contributed by atoms with Crippen LogP contribution in [0.4, 0.5) is 0 Å². The highest BCUT2D eigenvalue weighted by molar-refractivity contribution is 5.94. The maximum Gasteiger partial charge on any atom is 0.254 e. The third-order valence-electron chi connectivity index (χ3n) is 4.20. The summed E-state index contributed by atoms with van der Waals surface area (Å²) in [6.07, 6.45) is 4.55. The molecule has 7 nitrogen and oxygen atoms in total. The molecule has 1 aliphatic rings. The Morgan fingerprint density at radius 3 is 2.65 bits per heavy atom. The van der Waals surface area contributed by atoms with Crippen molar-refractivity contribution >= 4 is 5.91 Å². The number of hydrogen-bond donors (Lipinski definition) is 1. The molecule has 0 spiro atoms. The highest BCUT2D eigenvalue weighted by Crippen LogP contribution is 2.17. The van der Waals surface area contributed by atoms with Crippen LogP contribution < -0.4 is 5.32 Å². The Morgan fingerprint density at radius 2 is 2.04 bits per heavy atom. The van der Waals surface area contributed by atoms with Gasteiger partial charge in [-0.3, -0.25) is 4.79 Å². The summed E-state index contributed by atoms with van der Waals surface area (Å²) in [7, 11) is 0. The number of aromatic nitrogens is 4. The number of amides is 1. The second-order valence-electron chi connectivity index (χ2n) is 5.78. The first-order valence-corrected chi connectivity index (χ1v) is 8.14. The van der Waals surface area contributed by atoms with Crippen molar-refractivity contribution in [3.63, 3.8) is 0 Å². The van der Waals surface area contributed by atoms with E-state index in [0.29, 0.717) is 11.6 Å². The Bertz CT molecular complexity index is 619. The molecule has 3 rings (SSSR count). The molecule has 2 heterocycles. The zero-order chi connectivity index (χ0) is 16.1. The Balaban J connectivity index is 1.76. The fraction of sp³-hybridized carbons (Fsp3) is 0.500. The van der Waals surface area contributed by atoms with Crippen LogP contribution in [-0.2, 0) is 0 Å². The summed E-state index contributed by atoms with van der Waals surface area (Å²) in [5.41, 5.74) is 1.56. The van der Waals surface area contributed by atoms with Gasteiger partial charge >= 0.3 is 0 Å². The van der Waals surface area contributed by atoms with Gasteiger partial charge in [-0.1, -0.05) is 6.92 Å². The molecule has 7 heteroatoms. The summed E-state index contributed by atoms with van der Waals surface area (Å²) >= 11 is 0. The van der Waals surface area contributed by atoms with E-state index in [2.05, 4.69) is 27.8 Å². The fourth-order valence-electron chi connectivity index (χ4n) is 3.01. The van der Waals surface area contributed by atoms with E-state index in [0.717, 1.165) is 44.6 Å². The average Bonchev–Trinajstić information content (AvgIpc) is 3.15. The molecule has 1 N–H and O–H groups in total. The topological polar surface area (TPSA) is 75.9 Å². The van der Waals surface area contributed by atoms with Gasteiger partial charge in [0.15, 0.2) is 0 Å². The summed E-state index contributed by atoms with van der Waals surface area (Å²) < 4.78 is 1.57. The first kappa shape index (κ1) is 15.6. The lowest BCUT2D eigenvalue weighted by atomic mass is 10.0. The van der Waals surface area contributed by atoms with Gasteiger partial charge in [0.05, 0.1) is 5.69 Å². The van der Waals surface area contributed by atoms with Gasteiger partial charge in [-0.15, -0.1) is 5.10 Å². The third kappa shape index (κ3) is 3.56. The van der Waals surface area contributed by atoms with Crippen LogP contribution in [0.25, 0.3) is 5.69 Å². The molecule has 1 aromatic carbocycles. The molecule has 0 radical (unpaired) electrons. The molecule has 0 atom stereocenters. The molecular weight excluding hydrogens is 292 g/mol. The van der Waals surface area contributed by atoms with E-state index in [4.69, 9.17) is 0 Å². The SMILES string of the molecule is CCCN(C(=O)c1ccc(-n2cnnn2)cc1)C1CCNCC1. The van der Waals surface area contributed by atoms with Gasteiger partial charge in [0, 0.05) is 18.2 Å². The number of tetrazole rings is 1. The summed E-state index contributed by atoms with van der Waals surface area (Å²) in [5, 5.41) is 14.4. The number of nitrogens with zero attached hydrogens (tertiary/aromatic N) is 5. The van der Waals surface area contributed by atoms with Crippen molar-refractivity contribution in [1.29, 1.82) is 0 Å². The molecule has 2 aromatic rings. The van der Waals surface area contributed by atoms with Crippen LogP contribution in [-0.4, -0.2) is 56.7 Å². The number of rotatable bonds is 5. The highest BCUT2D eigenvalue weighted by atomic mass is 16.2. The van der Waals surface area contributed by atoms with Crippen LogP contribution in [0.15, 0.2) is 30.6 Å². The smallest absolute Gasteiger partial charge is 0.254 e. The standard InChI is InChI=1S/C16H22N6O/c1-2-11-21(14-7-9-17-10-8-14)16(23)13-3-5-15(6-4-13)22-12-18-19-20-22/h3-6,12,14,17H,2,7-11H2,1H3. The van der Waals surface area contributed by atoms with E-state index in [9.17, 15) is 4.79 Å². The normalized spacial score (nSPS) is 15.5. The summed E-state index contributed by atoms with van der Waals surface area (Å²) in [6, 6.07) is 7.78. The minimum atomic E-state index is 0.113. The van der Waals surface area contributed by atoms with E-state index >= 15 is 0 Å². The maximum absolute atomic E-state index is 12.9. The van der Waals surface area contributed by atoms with E-state index < -0.39 is 0 Å².